The molecule has 1 unspecified atom stereocenters. The highest BCUT2D eigenvalue weighted by atomic mass is 35.5. The van der Waals surface area contributed by atoms with Crippen molar-refractivity contribution in [2.45, 2.75) is 37.8 Å². The highest BCUT2D eigenvalue weighted by molar-refractivity contribution is 6.30. The van der Waals surface area contributed by atoms with Crippen molar-refractivity contribution >= 4 is 23.5 Å². The van der Waals surface area contributed by atoms with Gasteiger partial charge < -0.3 is 19.8 Å². The zero-order valence-electron chi connectivity index (χ0n) is 18.4. The lowest BCUT2D eigenvalue weighted by atomic mass is 9.88. The number of ether oxygens (including phenoxy) is 1. The first kappa shape index (κ1) is 25.6. The molecule has 7 heteroatoms. The second kappa shape index (κ2) is 12.4. The summed E-state index contributed by atoms with van der Waals surface area (Å²) in [6, 6.07) is 19.1. The molecule has 32 heavy (non-hydrogen) atoms. The van der Waals surface area contributed by atoms with Crippen molar-refractivity contribution in [3.63, 3.8) is 0 Å². The average molecular weight is 460 g/mol. The molecule has 1 aliphatic rings. The second-order valence-electron chi connectivity index (χ2n) is 7.83. The van der Waals surface area contributed by atoms with Crippen LogP contribution in [0.1, 0.15) is 37.3 Å². The minimum absolute atomic E-state index is 0.455. The molecular formula is C25H30ClNO5. The van der Waals surface area contributed by atoms with Crippen molar-refractivity contribution in [2.24, 2.45) is 0 Å². The Morgan fingerprint density at radius 1 is 1.06 bits per heavy atom. The Morgan fingerprint density at radius 3 is 2.12 bits per heavy atom. The number of rotatable bonds is 8. The molecule has 2 N–H and O–H groups in total. The molecule has 0 aromatic heterocycles. The summed E-state index contributed by atoms with van der Waals surface area (Å²) in [6.45, 7) is 4.12. The number of carbonyl (C=O) groups is 2. The van der Waals surface area contributed by atoms with Crippen LogP contribution in [0.4, 0.5) is 0 Å². The number of halogens is 1. The van der Waals surface area contributed by atoms with Crippen molar-refractivity contribution in [1.82, 2.24) is 4.90 Å². The van der Waals surface area contributed by atoms with Gasteiger partial charge in [0.15, 0.2) is 0 Å². The van der Waals surface area contributed by atoms with Gasteiger partial charge >= 0.3 is 11.9 Å². The molecule has 1 saturated heterocycles. The van der Waals surface area contributed by atoms with Gasteiger partial charge in [-0.25, -0.2) is 9.59 Å². The van der Waals surface area contributed by atoms with Gasteiger partial charge in [0.05, 0.1) is 0 Å². The first-order chi connectivity index (χ1) is 15.2. The van der Waals surface area contributed by atoms with Crippen molar-refractivity contribution in [3.8, 4) is 0 Å². The quantitative estimate of drug-likeness (QED) is 0.550. The molecule has 0 bridgehead atoms. The molecule has 1 heterocycles. The van der Waals surface area contributed by atoms with Gasteiger partial charge in [-0.1, -0.05) is 54.1 Å². The molecule has 2 atom stereocenters. The number of benzene rings is 2. The minimum Gasteiger partial charge on any atom is -0.478 e. The third kappa shape index (κ3) is 7.79. The maximum absolute atomic E-state index is 9.55. The predicted molar refractivity (Wildman–Crippen MR) is 125 cm³/mol. The van der Waals surface area contributed by atoms with Gasteiger partial charge in [-0.05, 0) is 63.0 Å². The van der Waals surface area contributed by atoms with Gasteiger partial charge in [0.1, 0.15) is 5.60 Å². The highest BCUT2D eigenvalue weighted by Crippen LogP contribution is 2.34. The van der Waals surface area contributed by atoms with Gasteiger partial charge in [0.25, 0.3) is 0 Å². The largest absolute Gasteiger partial charge is 0.478 e. The maximum Gasteiger partial charge on any atom is 0.328 e. The zero-order chi connectivity index (χ0) is 23.6. The Balaban J connectivity index is 0.000000390. The predicted octanol–water partition coefficient (Wildman–Crippen LogP) is 4.82. The SMILES string of the molecule is CN1CCCC1CCO[C@](C)(c1ccccc1)c1ccc(Cl)cc1.O=C(O)/C=C/C(=O)O. The fraction of sp³-hybridized carbons (Fsp3) is 0.360. The molecule has 1 fully saturated rings. The van der Waals surface area contributed by atoms with E-state index in [0.29, 0.717) is 18.2 Å². The van der Waals surface area contributed by atoms with Crippen LogP contribution >= 0.6 is 11.6 Å². The second-order valence-corrected chi connectivity index (χ2v) is 8.27. The Kier molecular flexibility index (Phi) is 9.91. The number of nitrogens with zero attached hydrogens (tertiary/aromatic N) is 1. The van der Waals surface area contributed by atoms with Crippen LogP contribution in [0.15, 0.2) is 66.7 Å². The summed E-state index contributed by atoms with van der Waals surface area (Å²) in [4.78, 5) is 21.6. The van der Waals surface area contributed by atoms with E-state index in [9.17, 15) is 9.59 Å². The average Bonchev–Trinajstić information content (AvgIpc) is 3.18. The minimum atomic E-state index is -1.26. The molecule has 1 aliphatic heterocycles. The van der Waals surface area contributed by atoms with Crippen LogP contribution in [0.25, 0.3) is 0 Å². The van der Waals surface area contributed by atoms with Gasteiger partial charge in [-0.3, -0.25) is 0 Å². The van der Waals surface area contributed by atoms with Gasteiger partial charge in [-0.15, -0.1) is 0 Å². The number of hydrogen-bond acceptors (Lipinski definition) is 4. The molecule has 0 saturated carbocycles. The molecule has 0 amide bonds. The normalized spacial score (nSPS) is 18.0. The molecule has 0 radical (unpaired) electrons. The number of likely N-dealkylation sites (tertiary alicyclic amines) is 1. The summed E-state index contributed by atoms with van der Waals surface area (Å²) in [5.74, 6) is -2.51. The van der Waals surface area contributed by atoms with E-state index in [2.05, 4.69) is 55.3 Å². The van der Waals surface area contributed by atoms with E-state index in [1.54, 1.807) is 0 Å². The van der Waals surface area contributed by atoms with Crippen LogP contribution in [0.5, 0.6) is 0 Å². The van der Waals surface area contributed by atoms with Crippen LogP contribution < -0.4 is 0 Å². The molecule has 6 nitrogen and oxygen atoms in total. The molecular weight excluding hydrogens is 430 g/mol. The Hall–Kier alpha value is -2.67. The first-order valence-electron chi connectivity index (χ1n) is 10.5. The monoisotopic (exact) mass is 459 g/mol. The van der Waals surface area contributed by atoms with Crippen LogP contribution in [0, 0.1) is 0 Å². The van der Waals surface area contributed by atoms with Gasteiger partial charge in [0, 0.05) is 29.8 Å². The summed E-state index contributed by atoms with van der Waals surface area (Å²) in [5.41, 5.74) is 1.85. The van der Waals surface area contributed by atoms with Crippen LogP contribution in [-0.4, -0.2) is 53.3 Å². The summed E-state index contributed by atoms with van der Waals surface area (Å²) < 4.78 is 6.48. The van der Waals surface area contributed by atoms with Crippen molar-refractivity contribution in [1.29, 1.82) is 0 Å². The lowest BCUT2D eigenvalue weighted by Crippen LogP contribution is -2.31. The van der Waals surface area contributed by atoms with Gasteiger partial charge in [0.2, 0.25) is 0 Å². The van der Waals surface area contributed by atoms with Crippen LogP contribution in [0.2, 0.25) is 5.02 Å². The topological polar surface area (TPSA) is 87.1 Å². The van der Waals surface area contributed by atoms with Crippen molar-refractivity contribution in [3.05, 3.63) is 82.9 Å². The fourth-order valence-electron chi connectivity index (χ4n) is 3.74. The zero-order valence-corrected chi connectivity index (χ0v) is 19.2. The number of aliphatic carboxylic acids is 2. The molecule has 0 spiro atoms. The van der Waals surface area contributed by atoms with E-state index >= 15 is 0 Å². The Bertz CT molecular complexity index is 884. The number of carboxylic acid groups (broad SMARTS) is 2. The smallest absolute Gasteiger partial charge is 0.328 e. The van der Waals surface area contributed by atoms with E-state index in [0.717, 1.165) is 23.6 Å². The van der Waals surface area contributed by atoms with Crippen molar-refractivity contribution < 1.29 is 24.5 Å². The lowest BCUT2D eigenvalue weighted by molar-refractivity contribution is -0.134. The van der Waals surface area contributed by atoms with Crippen LogP contribution in [-0.2, 0) is 19.9 Å². The standard InChI is InChI=1S/C21H26ClNO.C4H4O4/c1-21(17-7-4-3-5-8-17,18-10-12-19(22)13-11-18)24-16-14-20-9-6-15-23(20)2;5-3(6)1-2-4(7)8/h3-5,7-8,10-13,20H,6,9,14-16H2,1-2H3;1-2H,(H,5,6)(H,7,8)/b;2-1+/t20?,21-;/m1./s1. The summed E-state index contributed by atoms with van der Waals surface area (Å²) in [7, 11) is 2.22. The van der Waals surface area contributed by atoms with E-state index < -0.39 is 17.5 Å². The number of hydrogen-bond donors (Lipinski definition) is 2. The molecule has 0 aliphatic carbocycles. The highest BCUT2D eigenvalue weighted by Gasteiger charge is 2.30. The summed E-state index contributed by atoms with van der Waals surface area (Å²) >= 11 is 6.07. The van der Waals surface area contributed by atoms with E-state index in [1.165, 1.54) is 24.9 Å². The van der Waals surface area contributed by atoms with Crippen LogP contribution in [0.3, 0.4) is 0 Å². The molecule has 3 rings (SSSR count). The maximum atomic E-state index is 9.55. The summed E-state index contributed by atoms with van der Waals surface area (Å²) in [5, 5.41) is 16.4. The third-order valence-electron chi connectivity index (χ3n) is 5.60. The summed E-state index contributed by atoms with van der Waals surface area (Å²) in [6.07, 6.45) is 4.77. The Labute approximate surface area is 194 Å². The lowest BCUT2D eigenvalue weighted by Gasteiger charge is -2.32. The molecule has 2 aromatic rings. The first-order valence-corrected chi connectivity index (χ1v) is 10.9. The van der Waals surface area contributed by atoms with Crippen molar-refractivity contribution in [2.75, 3.05) is 20.2 Å². The van der Waals surface area contributed by atoms with Gasteiger partial charge in [-0.2, -0.15) is 0 Å². The third-order valence-corrected chi connectivity index (χ3v) is 5.85. The molecule has 172 valence electrons. The van der Waals surface area contributed by atoms with E-state index in [1.807, 2.05) is 18.2 Å². The molecule has 2 aromatic carbocycles. The number of carboxylic acids is 2. The Morgan fingerprint density at radius 2 is 1.62 bits per heavy atom. The van der Waals surface area contributed by atoms with E-state index in [-0.39, 0.29) is 0 Å². The van der Waals surface area contributed by atoms with E-state index in [4.69, 9.17) is 26.6 Å². The fourth-order valence-corrected chi connectivity index (χ4v) is 3.87.